The molecule has 8 nitrogen and oxygen atoms in total. The molecule has 4 rings (SSSR count). The van der Waals surface area contributed by atoms with Crippen LogP contribution >= 0.6 is 28.1 Å². The Morgan fingerprint density at radius 1 is 1.03 bits per heavy atom. The number of anilines is 2. The van der Waals surface area contributed by atoms with Crippen molar-refractivity contribution >= 4 is 60.6 Å². The van der Waals surface area contributed by atoms with Crippen LogP contribution < -0.4 is 15.5 Å². The topological polar surface area (TPSA) is 91.0 Å². The fraction of sp³-hybridized carbons (Fsp3) is 0.364. The number of sulfonamides is 1. The van der Waals surface area contributed by atoms with Crippen LogP contribution in [-0.2, 0) is 14.8 Å². The summed E-state index contributed by atoms with van der Waals surface area (Å²) in [6.45, 7) is 3.14. The van der Waals surface area contributed by atoms with E-state index in [2.05, 4.69) is 31.5 Å². The van der Waals surface area contributed by atoms with Crippen LogP contribution in [0.3, 0.4) is 0 Å². The molecule has 0 aliphatic carbocycles. The highest BCUT2D eigenvalue weighted by Crippen LogP contribution is 2.32. The molecule has 176 valence electrons. The summed E-state index contributed by atoms with van der Waals surface area (Å²) >= 11 is 8.77. The second-order valence-corrected chi connectivity index (χ2v) is 11.0. The predicted molar refractivity (Wildman–Crippen MR) is 135 cm³/mol. The summed E-state index contributed by atoms with van der Waals surface area (Å²) in [7, 11) is -3.67. The Balaban J connectivity index is 1.59. The third kappa shape index (κ3) is 5.55. The number of rotatable bonds is 5. The highest BCUT2D eigenvalue weighted by Gasteiger charge is 2.28. The second-order valence-electron chi connectivity index (χ2n) is 7.78. The summed E-state index contributed by atoms with van der Waals surface area (Å²) in [5, 5.41) is 5.83. The first-order valence-corrected chi connectivity index (χ1v) is 13.3. The number of carbonyl (C=O) groups excluding carboxylic acids is 1. The number of hydrogen-bond donors (Lipinski definition) is 2. The number of hydrogen-bond acceptors (Lipinski definition) is 6. The van der Waals surface area contributed by atoms with E-state index in [-0.39, 0.29) is 15.9 Å². The van der Waals surface area contributed by atoms with Gasteiger partial charge in [0.05, 0.1) is 35.0 Å². The molecule has 0 spiro atoms. The van der Waals surface area contributed by atoms with E-state index in [1.165, 1.54) is 4.31 Å². The van der Waals surface area contributed by atoms with Gasteiger partial charge in [-0.25, -0.2) is 8.42 Å². The van der Waals surface area contributed by atoms with E-state index in [0.717, 1.165) is 31.6 Å². The molecule has 2 aromatic carbocycles. The molecule has 33 heavy (non-hydrogen) atoms. The van der Waals surface area contributed by atoms with Crippen LogP contribution in [0.25, 0.3) is 0 Å². The maximum absolute atomic E-state index is 13.2. The molecule has 0 radical (unpaired) electrons. The van der Waals surface area contributed by atoms with Crippen molar-refractivity contribution in [1.29, 1.82) is 0 Å². The SMILES string of the molecule is O=C(NC(=S)Nc1cc(S(=O)(=O)N2CCOCC2)ccc1N1CCCC1)c1ccccc1Br. The van der Waals surface area contributed by atoms with Gasteiger partial charge in [0, 0.05) is 30.7 Å². The minimum Gasteiger partial charge on any atom is -0.379 e. The number of ether oxygens (including phenoxy) is 1. The van der Waals surface area contributed by atoms with Gasteiger partial charge < -0.3 is 15.0 Å². The van der Waals surface area contributed by atoms with Gasteiger partial charge in [-0.1, -0.05) is 12.1 Å². The maximum Gasteiger partial charge on any atom is 0.258 e. The summed E-state index contributed by atoms with van der Waals surface area (Å²) in [4.78, 5) is 15.0. The summed E-state index contributed by atoms with van der Waals surface area (Å²) in [6, 6.07) is 12.1. The van der Waals surface area contributed by atoms with Crippen LogP contribution in [0.2, 0.25) is 0 Å². The normalized spacial score (nSPS) is 17.1. The van der Waals surface area contributed by atoms with E-state index < -0.39 is 10.0 Å². The van der Waals surface area contributed by atoms with Crippen LogP contribution in [-0.4, -0.2) is 63.1 Å². The maximum atomic E-state index is 13.2. The highest BCUT2D eigenvalue weighted by molar-refractivity contribution is 9.10. The minimum absolute atomic E-state index is 0.0946. The van der Waals surface area contributed by atoms with Crippen LogP contribution in [0, 0.1) is 0 Å². The Kier molecular flexibility index (Phi) is 7.65. The number of amides is 1. The van der Waals surface area contributed by atoms with Crippen LogP contribution in [0.5, 0.6) is 0 Å². The Labute approximate surface area is 207 Å². The van der Waals surface area contributed by atoms with Crippen molar-refractivity contribution < 1.29 is 17.9 Å². The van der Waals surface area contributed by atoms with Crippen LogP contribution in [0.1, 0.15) is 23.2 Å². The number of carbonyl (C=O) groups is 1. The fourth-order valence-corrected chi connectivity index (χ4v) is 6.02. The molecule has 0 atom stereocenters. The average molecular weight is 554 g/mol. The first-order valence-electron chi connectivity index (χ1n) is 10.7. The first-order chi connectivity index (χ1) is 15.9. The van der Waals surface area contributed by atoms with Gasteiger partial charge in [0.15, 0.2) is 5.11 Å². The van der Waals surface area contributed by atoms with Gasteiger partial charge in [-0.15, -0.1) is 0 Å². The molecule has 2 aliphatic rings. The van der Waals surface area contributed by atoms with Crippen molar-refractivity contribution in [2.45, 2.75) is 17.7 Å². The number of nitrogens with zero attached hydrogens (tertiary/aromatic N) is 2. The van der Waals surface area contributed by atoms with E-state index in [0.29, 0.717) is 42.0 Å². The summed E-state index contributed by atoms with van der Waals surface area (Å²) in [6.07, 6.45) is 2.13. The van der Waals surface area contributed by atoms with Crippen LogP contribution in [0.4, 0.5) is 11.4 Å². The monoisotopic (exact) mass is 552 g/mol. The summed E-state index contributed by atoms with van der Waals surface area (Å²) in [5.41, 5.74) is 1.85. The number of halogens is 1. The zero-order chi connectivity index (χ0) is 23.4. The lowest BCUT2D eigenvalue weighted by Gasteiger charge is -2.27. The molecule has 0 saturated carbocycles. The first kappa shape index (κ1) is 24.1. The molecule has 2 aromatic rings. The fourth-order valence-electron chi connectivity index (χ4n) is 3.91. The van der Waals surface area contributed by atoms with Gasteiger partial charge in [0.25, 0.3) is 5.91 Å². The Morgan fingerprint density at radius 3 is 2.42 bits per heavy atom. The van der Waals surface area contributed by atoms with E-state index in [1.54, 1.807) is 36.4 Å². The quantitative estimate of drug-likeness (QED) is 0.550. The Morgan fingerprint density at radius 2 is 1.73 bits per heavy atom. The zero-order valence-electron chi connectivity index (χ0n) is 17.9. The van der Waals surface area contributed by atoms with Gasteiger partial charge in [-0.05, 0) is 71.3 Å². The third-order valence-electron chi connectivity index (χ3n) is 5.62. The van der Waals surface area contributed by atoms with Crippen molar-refractivity contribution in [3.8, 4) is 0 Å². The van der Waals surface area contributed by atoms with Crippen molar-refractivity contribution in [1.82, 2.24) is 9.62 Å². The Hall–Kier alpha value is -2.05. The molecule has 0 unspecified atom stereocenters. The Bertz CT molecular complexity index is 1150. The van der Waals surface area contributed by atoms with Gasteiger partial charge >= 0.3 is 0 Å². The minimum atomic E-state index is -3.67. The largest absolute Gasteiger partial charge is 0.379 e. The van der Waals surface area contributed by atoms with E-state index in [1.807, 2.05) is 6.07 Å². The molecule has 11 heteroatoms. The van der Waals surface area contributed by atoms with Crippen molar-refractivity contribution in [3.05, 3.63) is 52.5 Å². The molecule has 2 fully saturated rings. The van der Waals surface area contributed by atoms with Crippen molar-refractivity contribution in [2.75, 3.05) is 49.6 Å². The number of benzene rings is 2. The molecule has 2 saturated heterocycles. The predicted octanol–water partition coefficient (Wildman–Crippen LogP) is 3.20. The third-order valence-corrected chi connectivity index (χ3v) is 8.41. The van der Waals surface area contributed by atoms with Crippen molar-refractivity contribution in [3.63, 3.8) is 0 Å². The lowest BCUT2D eigenvalue weighted by atomic mass is 10.2. The van der Waals surface area contributed by atoms with E-state index in [4.69, 9.17) is 17.0 Å². The van der Waals surface area contributed by atoms with Gasteiger partial charge in [0.2, 0.25) is 10.0 Å². The lowest BCUT2D eigenvalue weighted by molar-refractivity contribution is 0.0730. The smallest absolute Gasteiger partial charge is 0.258 e. The molecule has 1 amide bonds. The molecular weight excluding hydrogens is 528 g/mol. The number of thiocarbonyl (C=S) groups is 1. The molecular formula is C22H25BrN4O4S2. The average Bonchev–Trinajstić information content (AvgIpc) is 3.34. The van der Waals surface area contributed by atoms with Gasteiger partial charge in [0.1, 0.15) is 0 Å². The number of morpholine rings is 1. The molecule has 2 N–H and O–H groups in total. The molecule has 0 aromatic heterocycles. The zero-order valence-corrected chi connectivity index (χ0v) is 21.1. The molecule has 2 heterocycles. The summed E-state index contributed by atoms with van der Waals surface area (Å²) < 4.78 is 33.7. The molecule has 0 bridgehead atoms. The van der Waals surface area contributed by atoms with E-state index >= 15 is 0 Å². The van der Waals surface area contributed by atoms with Gasteiger partial charge in [-0.3, -0.25) is 10.1 Å². The highest BCUT2D eigenvalue weighted by atomic mass is 79.9. The van der Waals surface area contributed by atoms with Crippen LogP contribution in [0.15, 0.2) is 51.8 Å². The van der Waals surface area contributed by atoms with Crippen molar-refractivity contribution in [2.24, 2.45) is 0 Å². The second kappa shape index (κ2) is 10.5. The van der Waals surface area contributed by atoms with Gasteiger partial charge in [-0.2, -0.15) is 4.31 Å². The lowest BCUT2D eigenvalue weighted by Crippen LogP contribution is -2.40. The number of nitrogens with one attached hydrogen (secondary N) is 2. The van der Waals surface area contributed by atoms with E-state index in [9.17, 15) is 13.2 Å². The molecule has 2 aliphatic heterocycles. The standard InChI is InChI=1S/C22H25BrN4O4S2/c23-18-6-2-1-5-17(18)21(28)25-22(32)24-19-15-16(7-8-20(19)26-9-3-4-10-26)33(29,30)27-11-13-31-14-12-27/h1-2,5-8,15H,3-4,9-14H2,(H2,24,25,28,32). The summed E-state index contributed by atoms with van der Waals surface area (Å²) in [5.74, 6) is -0.361.